The maximum absolute atomic E-state index is 14.1. The number of halogens is 1. The average Bonchev–Trinajstić information content (AvgIpc) is 2.81. The quantitative estimate of drug-likeness (QED) is 0.868. The predicted molar refractivity (Wildman–Crippen MR) is 75.8 cm³/mol. The second-order valence-corrected chi connectivity index (χ2v) is 5.50. The van der Waals surface area contributed by atoms with Crippen LogP contribution in [-0.4, -0.2) is 19.1 Å². The Morgan fingerprint density at radius 1 is 1.28 bits per heavy atom. The van der Waals surface area contributed by atoms with E-state index < -0.39 is 0 Å². The van der Waals surface area contributed by atoms with Gasteiger partial charge in [-0.1, -0.05) is 12.8 Å². The topological polar surface area (TPSA) is 15.3 Å². The molecule has 0 aromatic heterocycles. The summed E-state index contributed by atoms with van der Waals surface area (Å²) in [5.74, 6) is -0.144. The minimum Gasteiger partial charge on any atom is -0.382 e. The van der Waals surface area contributed by atoms with Crippen LogP contribution in [0.15, 0.2) is 18.2 Å². The van der Waals surface area contributed by atoms with Gasteiger partial charge in [0.15, 0.2) is 0 Å². The van der Waals surface area contributed by atoms with Gasteiger partial charge < -0.3 is 10.2 Å². The SMILES string of the molecule is CC(C)N(C)c1ccc(NC2CCCC2)cc1F. The molecule has 0 amide bonds. The molecule has 2 nitrogen and oxygen atoms in total. The first-order valence-electron chi connectivity index (χ1n) is 6.87. The summed E-state index contributed by atoms with van der Waals surface area (Å²) >= 11 is 0. The van der Waals surface area contributed by atoms with Crippen molar-refractivity contribution >= 4 is 11.4 Å². The maximum atomic E-state index is 14.1. The molecule has 1 aliphatic carbocycles. The van der Waals surface area contributed by atoms with Crippen LogP contribution in [0.1, 0.15) is 39.5 Å². The van der Waals surface area contributed by atoms with Gasteiger partial charge >= 0.3 is 0 Å². The normalized spacial score (nSPS) is 16.3. The first-order chi connectivity index (χ1) is 8.58. The zero-order valence-corrected chi connectivity index (χ0v) is 11.5. The third-order valence-electron chi connectivity index (χ3n) is 3.83. The van der Waals surface area contributed by atoms with E-state index in [9.17, 15) is 4.39 Å². The molecule has 0 heterocycles. The molecule has 1 aromatic carbocycles. The van der Waals surface area contributed by atoms with Crippen molar-refractivity contribution in [2.24, 2.45) is 0 Å². The van der Waals surface area contributed by atoms with Crippen molar-refractivity contribution in [3.05, 3.63) is 24.0 Å². The van der Waals surface area contributed by atoms with Gasteiger partial charge in [0.05, 0.1) is 5.69 Å². The first-order valence-corrected chi connectivity index (χ1v) is 6.87. The van der Waals surface area contributed by atoms with Crippen molar-refractivity contribution in [3.8, 4) is 0 Å². The van der Waals surface area contributed by atoms with E-state index in [0.29, 0.717) is 17.8 Å². The van der Waals surface area contributed by atoms with Crippen LogP contribution in [0.4, 0.5) is 15.8 Å². The van der Waals surface area contributed by atoms with Crippen LogP contribution in [0, 0.1) is 5.82 Å². The van der Waals surface area contributed by atoms with Gasteiger partial charge in [-0.25, -0.2) is 4.39 Å². The highest BCUT2D eigenvalue weighted by atomic mass is 19.1. The van der Waals surface area contributed by atoms with Crippen molar-refractivity contribution in [3.63, 3.8) is 0 Å². The van der Waals surface area contributed by atoms with E-state index in [2.05, 4.69) is 19.2 Å². The van der Waals surface area contributed by atoms with Crippen LogP contribution >= 0.6 is 0 Å². The molecule has 0 spiro atoms. The highest BCUT2D eigenvalue weighted by molar-refractivity contribution is 5.56. The lowest BCUT2D eigenvalue weighted by Gasteiger charge is -2.25. The number of rotatable bonds is 4. The molecule has 1 aromatic rings. The van der Waals surface area contributed by atoms with Gasteiger partial charge in [0.25, 0.3) is 0 Å². The molecular weight excluding hydrogens is 227 g/mol. The smallest absolute Gasteiger partial charge is 0.148 e. The van der Waals surface area contributed by atoms with Crippen molar-refractivity contribution in [2.45, 2.75) is 51.6 Å². The number of benzene rings is 1. The molecule has 2 rings (SSSR count). The molecule has 0 unspecified atom stereocenters. The third kappa shape index (κ3) is 2.95. The molecule has 0 radical (unpaired) electrons. The molecule has 0 atom stereocenters. The van der Waals surface area contributed by atoms with Crippen LogP contribution in [0.2, 0.25) is 0 Å². The average molecular weight is 250 g/mol. The zero-order valence-electron chi connectivity index (χ0n) is 11.5. The molecule has 18 heavy (non-hydrogen) atoms. The number of nitrogens with zero attached hydrogens (tertiary/aromatic N) is 1. The fourth-order valence-corrected chi connectivity index (χ4v) is 2.47. The Labute approximate surface area is 109 Å². The number of nitrogens with one attached hydrogen (secondary N) is 1. The molecule has 3 heteroatoms. The summed E-state index contributed by atoms with van der Waals surface area (Å²) in [5.41, 5.74) is 1.57. The van der Waals surface area contributed by atoms with E-state index in [1.54, 1.807) is 6.07 Å². The lowest BCUT2D eigenvalue weighted by Crippen LogP contribution is -2.26. The Balaban J connectivity index is 2.09. The monoisotopic (exact) mass is 250 g/mol. The summed E-state index contributed by atoms with van der Waals surface area (Å²) in [6, 6.07) is 6.29. The predicted octanol–water partition coefficient (Wildman–Crippen LogP) is 4.02. The number of hydrogen-bond acceptors (Lipinski definition) is 2. The summed E-state index contributed by atoms with van der Waals surface area (Å²) in [6.45, 7) is 4.12. The highest BCUT2D eigenvalue weighted by Gasteiger charge is 2.16. The molecule has 1 fully saturated rings. The van der Waals surface area contributed by atoms with E-state index in [0.717, 1.165) is 5.69 Å². The van der Waals surface area contributed by atoms with Gasteiger partial charge in [0.1, 0.15) is 5.82 Å². The Hall–Kier alpha value is -1.25. The standard InChI is InChI=1S/C15H23FN2/c1-11(2)18(3)15-9-8-13(10-14(15)16)17-12-6-4-5-7-12/h8-12,17H,4-7H2,1-3H3. The van der Waals surface area contributed by atoms with Crippen molar-refractivity contribution in [2.75, 3.05) is 17.3 Å². The lowest BCUT2D eigenvalue weighted by atomic mass is 10.2. The molecule has 0 bridgehead atoms. The number of hydrogen-bond donors (Lipinski definition) is 1. The maximum Gasteiger partial charge on any atom is 0.148 e. The van der Waals surface area contributed by atoms with Crippen LogP contribution in [0.25, 0.3) is 0 Å². The van der Waals surface area contributed by atoms with Gasteiger partial charge in [-0.05, 0) is 44.9 Å². The van der Waals surface area contributed by atoms with Crippen LogP contribution in [-0.2, 0) is 0 Å². The van der Waals surface area contributed by atoms with Crippen molar-refractivity contribution in [1.82, 2.24) is 0 Å². The third-order valence-corrected chi connectivity index (χ3v) is 3.83. The molecule has 0 saturated heterocycles. The zero-order chi connectivity index (χ0) is 13.1. The number of anilines is 2. The minimum absolute atomic E-state index is 0.144. The van der Waals surface area contributed by atoms with E-state index >= 15 is 0 Å². The summed E-state index contributed by atoms with van der Waals surface area (Å²) < 4.78 is 14.1. The molecule has 1 saturated carbocycles. The van der Waals surface area contributed by atoms with Gasteiger partial charge in [0.2, 0.25) is 0 Å². The Bertz CT molecular complexity index is 397. The first kappa shape index (κ1) is 13.2. The van der Waals surface area contributed by atoms with E-state index in [-0.39, 0.29) is 5.82 Å². The van der Waals surface area contributed by atoms with E-state index in [1.165, 1.54) is 25.7 Å². The largest absolute Gasteiger partial charge is 0.382 e. The summed E-state index contributed by atoms with van der Waals surface area (Å²) in [4.78, 5) is 1.95. The van der Waals surface area contributed by atoms with Gasteiger partial charge in [-0.3, -0.25) is 0 Å². The highest BCUT2D eigenvalue weighted by Crippen LogP contribution is 2.26. The van der Waals surface area contributed by atoms with Crippen LogP contribution < -0.4 is 10.2 Å². The Morgan fingerprint density at radius 2 is 1.94 bits per heavy atom. The molecule has 0 aliphatic heterocycles. The van der Waals surface area contributed by atoms with E-state index in [4.69, 9.17) is 0 Å². The molecule has 1 aliphatic rings. The molecule has 100 valence electrons. The Kier molecular flexibility index (Phi) is 4.10. The summed E-state index contributed by atoms with van der Waals surface area (Å²) in [6.07, 6.45) is 4.98. The van der Waals surface area contributed by atoms with Gasteiger partial charge in [0, 0.05) is 24.8 Å². The van der Waals surface area contributed by atoms with Crippen molar-refractivity contribution in [1.29, 1.82) is 0 Å². The van der Waals surface area contributed by atoms with Gasteiger partial charge in [-0.2, -0.15) is 0 Å². The summed E-state index contributed by atoms with van der Waals surface area (Å²) in [5, 5.41) is 3.42. The lowest BCUT2D eigenvalue weighted by molar-refractivity contribution is 0.613. The second kappa shape index (κ2) is 5.59. The molecule has 1 N–H and O–H groups in total. The Morgan fingerprint density at radius 3 is 2.50 bits per heavy atom. The minimum atomic E-state index is -0.144. The molecular formula is C15H23FN2. The van der Waals surface area contributed by atoms with Crippen molar-refractivity contribution < 1.29 is 4.39 Å². The van der Waals surface area contributed by atoms with Crippen LogP contribution in [0.3, 0.4) is 0 Å². The van der Waals surface area contributed by atoms with Gasteiger partial charge in [-0.15, -0.1) is 0 Å². The van der Waals surface area contributed by atoms with E-state index in [1.807, 2.05) is 24.1 Å². The second-order valence-electron chi connectivity index (χ2n) is 5.50. The van der Waals surface area contributed by atoms with Crippen LogP contribution in [0.5, 0.6) is 0 Å². The fourth-order valence-electron chi connectivity index (χ4n) is 2.47. The fraction of sp³-hybridized carbons (Fsp3) is 0.600. The summed E-state index contributed by atoms with van der Waals surface area (Å²) in [7, 11) is 1.92.